The van der Waals surface area contributed by atoms with Crippen LogP contribution in [0, 0.1) is 6.92 Å². The molecule has 11 nitrogen and oxygen atoms in total. The molecule has 0 bridgehead atoms. The lowest BCUT2D eigenvalue weighted by atomic mass is 10.1. The summed E-state index contributed by atoms with van der Waals surface area (Å²) in [5.74, 6) is -0.685. The Hall–Kier alpha value is -5.10. The van der Waals surface area contributed by atoms with Gasteiger partial charge in [-0.25, -0.2) is 24.1 Å². The van der Waals surface area contributed by atoms with Gasteiger partial charge in [0.2, 0.25) is 17.9 Å². The number of aromatic nitrogens is 6. The predicted octanol–water partition coefficient (Wildman–Crippen LogP) is 7.14. The lowest BCUT2D eigenvalue weighted by Crippen LogP contribution is -2.27. The van der Waals surface area contributed by atoms with Crippen LogP contribution in [0.25, 0.3) is 22.8 Å². The number of rotatable bonds is 11. The van der Waals surface area contributed by atoms with Gasteiger partial charge in [-0.2, -0.15) is 39.7 Å². The highest BCUT2D eigenvalue weighted by Crippen LogP contribution is 2.46. The molecule has 1 aliphatic rings. The van der Waals surface area contributed by atoms with Crippen molar-refractivity contribution in [2.24, 2.45) is 7.05 Å². The third-order valence-corrected chi connectivity index (χ3v) is 9.17. The van der Waals surface area contributed by atoms with Crippen molar-refractivity contribution in [2.75, 3.05) is 7.11 Å². The van der Waals surface area contributed by atoms with Crippen molar-refractivity contribution in [3.63, 3.8) is 0 Å². The Balaban J connectivity index is 1.38. The van der Waals surface area contributed by atoms with Crippen molar-refractivity contribution in [1.29, 1.82) is 0 Å². The molecule has 0 amide bonds. The first-order valence-corrected chi connectivity index (χ1v) is 16.6. The lowest BCUT2D eigenvalue weighted by molar-refractivity contribution is -0.197. The van der Waals surface area contributed by atoms with Crippen molar-refractivity contribution >= 4 is 10.1 Å². The molecule has 1 aliphatic carbocycles. The average molecular weight is 735 g/mol. The van der Waals surface area contributed by atoms with Crippen LogP contribution < -0.4 is 9.47 Å². The van der Waals surface area contributed by atoms with Crippen LogP contribution in [-0.4, -0.2) is 51.2 Å². The zero-order valence-corrected chi connectivity index (χ0v) is 27.8. The minimum Gasteiger partial charge on any atom is -0.480 e. The van der Waals surface area contributed by atoms with Gasteiger partial charge in [-0.1, -0.05) is 42.0 Å². The lowest BCUT2D eigenvalue weighted by Gasteiger charge is -2.23. The van der Waals surface area contributed by atoms with E-state index in [1.54, 1.807) is 6.92 Å². The Bertz CT molecular complexity index is 2150. The summed E-state index contributed by atoms with van der Waals surface area (Å²) < 4.78 is 127. The maximum absolute atomic E-state index is 14.7. The molecule has 2 aromatic carbocycles. The van der Waals surface area contributed by atoms with Gasteiger partial charge in [-0.3, -0.25) is 0 Å². The third kappa shape index (κ3) is 7.80. The fourth-order valence-corrected chi connectivity index (χ4v) is 6.19. The quantitative estimate of drug-likeness (QED) is 0.102. The Labute approximate surface area is 287 Å². The van der Waals surface area contributed by atoms with Gasteiger partial charge in [0.05, 0.1) is 23.3 Å². The molecule has 0 N–H and O–H groups in total. The van der Waals surface area contributed by atoms with E-state index in [1.165, 1.54) is 61.5 Å². The van der Waals surface area contributed by atoms with Crippen molar-refractivity contribution in [3.05, 3.63) is 95.3 Å². The number of hydrogen-bond acceptors (Lipinski definition) is 10. The molecule has 0 aliphatic heterocycles. The number of halogens is 6. The molecule has 6 rings (SSSR count). The van der Waals surface area contributed by atoms with Crippen molar-refractivity contribution in [1.82, 2.24) is 29.5 Å². The monoisotopic (exact) mass is 734 g/mol. The number of aryl methyl sites for hydroxylation is 2. The van der Waals surface area contributed by atoms with Crippen molar-refractivity contribution < 1.29 is 48.4 Å². The summed E-state index contributed by atoms with van der Waals surface area (Å²) in [7, 11) is -2.22. The fraction of sp³-hybridized carbons (Fsp3) is 0.303. The summed E-state index contributed by atoms with van der Waals surface area (Å²) in [6.45, 7) is 1.28. The minimum absolute atomic E-state index is 0.0138. The van der Waals surface area contributed by atoms with E-state index in [-0.39, 0.29) is 29.0 Å². The van der Waals surface area contributed by atoms with Crippen molar-refractivity contribution in [3.8, 4) is 34.5 Å². The molecule has 18 heteroatoms. The van der Waals surface area contributed by atoms with Crippen LogP contribution in [0.2, 0.25) is 0 Å². The summed E-state index contributed by atoms with van der Waals surface area (Å²) in [6, 6.07) is 11.0. The summed E-state index contributed by atoms with van der Waals surface area (Å²) >= 11 is 0. The van der Waals surface area contributed by atoms with E-state index in [2.05, 4.69) is 24.9 Å². The van der Waals surface area contributed by atoms with Crippen LogP contribution in [0.15, 0.2) is 72.1 Å². The number of methoxy groups -OCH3 is 1. The van der Waals surface area contributed by atoms with Gasteiger partial charge >= 0.3 is 12.4 Å². The van der Waals surface area contributed by atoms with E-state index in [4.69, 9.17) is 13.7 Å². The highest BCUT2D eigenvalue weighted by molar-refractivity contribution is 7.86. The number of imidazole rings is 1. The summed E-state index contributed by atoms with van der Waals surface area (Å²) in [5.41, 5.74) is 0.220. The van der Waals surface area contributed by atoms with Crippen LogP contribution in [0.4, 0.5) is 26.3 Å². The Morgan fingerprint density at radius 2 is 1.61 bits per heavy atom. The molecule has 5 aromatic rings. The molecule has 0 radical (unpaired) electrons. The molecule has 1 fully saturated rings. The smallest absolute Gasteiger partial charge is 0.434 e. The minimum atomic E-state index is -5.29. The first-order chi connectivity index (χ1) is 24.0. The summed E-state index contributed by atoms with van der Waals surface area (Å²) in [6.07, 6.45) is -8.53. The van der Waals surface area contributed by atoms with Gasteiger partial charge in [0.15, 0.2) is 11.5 Å². The standard InChI is InChI=1S/C33H28F6N6O5S/c1-18-4-12-22(13-5-18)51(46,47)50-27(33(37,38)39)23-14-40-28(25-26(20-10-11-20)41-17-42-31(25)48-3)44-30(23)49-16-19-6-8-21(9-7-19)29-43-24(15-45(29)2)32(34,35)36/h4-9,12-15,17,20,27H,10-11,16H2,1-3H3. The largest absolute Gasteiger partial charge is 0.480 e. The molecular weight excluding hydrogens is 706 g/mol. The maximum Gasteiger partial charge on any atom is 0.434 e. The van der Waals surface area contributed by atoms with Crippen LogP contribution >= 0.6 is 0 Å². The van der Waals surface area contributed by atoms with Crippen LogP contribution in [0.5, 0.6) is 11.8 Å². The van der Waals surface area contributed by atoms with E-state index in [1.807, 2.05) is 0 Å². The second kappa shape index (κ2) is 13.6. The van der Waals surface area contributed by atoms with E-state index in [0.29, 0.717) is 22.4 Å². The Kier molecular flexibility index (Phi) is 9.49. The number of nitrogens with zero attached hydrogens (tertiary/aromatic N) is 6. The molecule has 1 saturated carbocycles. The number of alkyl halides is 6. The average Bonchev–Trinajstić information content (AvgIpc) is 3.85. The van der Waals surface area contributed by atoms with Crippen LogP contribution in [0.1, 0.15) is 52.9 Å². The van der Waals surface area contributed by atoms with Gasteiger partial charge in [-0.15, -0.1) is 0 Å². The second-order valence-electron chi connectivity index (χ2n) is 11.7. The van der Waals surface area contributed by atoms with E-state index in [9.17, 15) is 34.8 Å². The summed E-state index contributed by atoms with van der Waals surface area (Å²) in [4.78, 5) is 20.0. The second-order valence-corrected chi connectivity index (χ2v) is 13.3. The number of benzene rings is 2. The highest BCUT2D eigenvalue weighted by Gasteiger charge is 2.48. The molecule has 51 heavy (non-hydrogen) atoms. The van der Waals surface area contributed by atoms with Crippen molar-refractivity contribution in [2.45, 2.75) is 55.6 Å². The first kappa shape index (κ1) is 35.7. The third-order valence-electron chi connectivity index (χ3n) is 7.87. The van der Waals surface area contributed by atoms with E-state index >= 15 is 0 Å². The highest BCUT2D eigenvalue weighted by atomic mass is 32.2. The van der Waals surface area contributed by atoms with Gasteiger partial charge in [0, 0.05) is 30.9 Å². The zero-order valence-electron chi connectivity index (χ0n) is 27.0. The Morgan fingerprint density at radius 3 is 2.20 bits per heavy atom. The topological polar surface area (TPSA) is 131 Å². The molecule has 268 valence electrons. The molecule has 1 atom stereocenters. The van der Waals surface area contributed by atoms with Gasteiger partial charge in [0.25, 0.3) is 10.1 Å². The van der Waals surface area contributed by atoms with E-state index < -0.39 is 57.2 Å². The molecule has 1 unspecified atom stereocenters. The Morgan fingerprint density at radius 1 is 0.922 bits per heavy atom. The zero-order chi connectivity index (χ0) is 36.7. The van der Waals surface area contributed by atoms with Gasteiger partial charge < -0.3 is 14.0 Å². The molecule has 0 saturated heterocycles. The SMILES string of the molecule is COc1ncnc(C2CC2)c1-c1ncc(C(OS(=O)(=O)c2ccc(C)cc2)C(F)(F)F)c(OCc2ccc(-c3nc(C(F)(F)F)cn3C)cc2)n1. The normalized spacial score (nSPS) is 14.4. The van der Waals surface area contributed by atoms with Gasteiger partial charge in [0.1, 0.15) is 24.3 Å². The van der Waals surface area contributed by atoms with E-state index in [0.717, 1.165) is 37.4 Å². The molecular formula is C33H28F6N6O5S. The molecule has 3 aromatic heterocycles. The molecule has 3 heterocycles. The number of hydrogen-bond donors (Lipinski definition) is 0. The molecule has 0 spiro atoms. The fourth-order valence-electron chi connectivity index (χ4n) is 5.15. The predicted molar refractivity (Wildman–Crippen MR) is 168 cm³/mol. The van der Waals surface area contributed by atoms with Crippen LogP contribution in [0.3, 0.4) is 0 Å². The maximum atomic E-state index is 14.7. The summed E-state index contributed by atoms with van der Waals surface area (Å²) in [5, 5.41) is 0. The number of ether oxygens (including phenoxy) is 2. The van der Waals surface area contributed by atoms with Crippen LogP contribution in [-0.2, 0) is 34.1 Å². The van der Waals surface area contributed by atoms with Gasteiger partial charge in [-0.05, 0) is 37.5 Å². The first-order valence-electron chi connectivity index (χ1n) is 15.2.